The van der Waals surface area contributed by atoms with Crippen LogP contribution in [-0.4, -0.2) is 47.7 Å². The third kappa shape index (κ3) is 4.22. The number of piperidine rings is 1. The van der Waals surface area contributed by atoms with E-state index in [-0.39, 0.29) is 11.5 Å². The minimum absolute atomic E-state index is 0.0107. The van der Waals surface area contributed by atoms with Gasteiger partial charge in [-0.05, 0) is 50.2 Å². The molecule has 1 amide bonds. The number of rotatable bonds is 4. The molecule has 3 rings (SSSR count). The summed E-state index contributed by atoms with van der Waals surface area (Å²) in [7, 11) is 0. The Morgan fingerprint density at radius 2 is 2.30 bits per heavy atom. The van der Waals surface area contributed by atoms with Crippen LogP contribution in [0.3, 0.4) is 0 Å². The number of pyridine rings is 1. The molecule has 1 unspecified atom stereocenters. The Hall–Kier alpha value is -1.62. The van der Waals surface area contributed by atoms with E-state index in [1.165, 1.54) is 0 Å². The molecule has 0 radical (unpaired) electrons. The third-order valence-electron chi connectivity index (χ3n) is 5.14. The standard InChI is InChI=1S/C18H26N2O3/c1-15(21)20-9-6-18(7-10-20)13-16(5-12-23-18)4-11-22-17-3-2-8-19-14-17/h2-3,8,14,16H,4-7,9-13H2,1H3. The van der Waals surface area contributed by atoms with Crippen molar-refractivity contribution in [1.29, 1.82) is 0 Å². The Morgan fingerprint density at radius 1 is 1.48 bits per heavy atom. The summed E-state index contributed by atoms with van der Waals surface area (Å²) in [5.41, 5.74) is -0.0107. The van der Waals surface area contributed by atoms with Crippen LogP contribution in [-0.2, 0) is 9.53 Å². The average molecular weight is 318 g/mol. The summed E-state index contributed by atoms with van der Waals surface area (Å²) in [5, 5.41) is 0. The fraction of sp³-hybridized carbons (Fsp3) is 0.667. The number of ether oxygens (including phenoxy) is 2. The van der Waals surface area contributed by atoms with E-state index in [1.54, 1.807) is 19.3 Å². The Balaban J connectivity index is 1.46. The van der Waals surface area contributed by atoms with Gasteiger partial charge in [0.05, 0.1) is 18.4 Å². The van der Waals surface area contributed by atoms with Gasteiger partial charge in [0.1, 0.15) is 5.75 Å². The normalized spacial score (nSPS) is 23.7. The molecule has 0 aromatic carbocycles. The number of aromatic nitrogens is 1. The summed E-state index contributed by atoms with van der Waals surface area (Å²) in [4.78, 5) is 17.5. The van der Waals surface area contributed by atoms with Gasteiger partial charge < -0.3 is 14.4 Å². The van der Waals surface area contributed by atoms with Crippen molar-refractivity contribution in [2.24, 2.45) is 5.92 Å². The van der Waals surface area contributed by atoms with Crippen molar-refractivity contribution in [3.8, 4) is 5.75 Å². The number of carbonyl (C=O) groups excluding carboxylic acids is 1. The van der Waals surface area contributed by atoms with Crippen LogP contribution >= 0.6 is 0 Å². The number of nitrogens with zero attached hydrogens (tertiary/aromatic N) is 2. The number of hydrogen-bond acceptors (Lipinski definition) is 4. The molecule has 5 heteroatoms. The zero-order valence-electron chi connectivity index (χ0n) is 13.9. The Labute approximate surface area is 138 Å². The lowest BCUT2D eigenvalue weighted by Gasteiger charge is -2.46. The number of likely N-dealkylation sites (tertiary alicyclic amines) is 1. The van der Waals surface area contributed by atoms with Gasteiger partial charge in [-0.1, -0.05) is 0 Å². The topological polar surface area (TPSA) is 51.7 Å². The van der Waals surface area contributed by atoms with Gasteiger partial charge in [-0.25, -0.2) is 0 Å². The van der Waals surface area contributed by atoms with Crippen LogP contribution in [0.15, 0.2) is 24.5 Å². The predicted octanol–water partition coefficient (Wildman–Crippen LogP) is 2.66. The van der Waals surface area contributed by atoms with E-state index >= 15 is 0 Å². The van der Waals surface area contributed by atoms with Crippen LogP contribution in [0.1, 0.15) is 39.0 Å². The molecule has 126 valence electrons. The Kier molecular flexibility index (Phi) is 5.16. The van der Waals surface area contributed by atoms with Gasteiger partial charge in [0, 0.05) is 32.8 Å². The van der Waals surface area contributed by atoms with Gasteiger partial charge in [0.25, 0.3) is 0 Å². The molecule has 1 atom stereocenters. The van der Waals surface area contributed by atoms with E-state index in [0.29, 0.717) is 5.92 Å². The van der Waals surface area contributed by atoms with Crippen molar-refractivity contribution < 1.29 is 14.3 Å². The van der Waals surface area contributed by atoms with Crippen LogP contribution in [0.5, 0.6) is 5.75 Å². The second kappa shape index (κ2) is 7.30. The van der Waals surface area contributed by atoms with Gasteiger partial charge in [0.15, 0.2) is 0 Å². The maximum absolute atomic E-state index is 11.5. The number of carbonyl (C=O) groups is 1. The van der Waals surface area contributed by atoms with Gasteiger partial charge >= 0.3 is 0 Å². The van der Waals surface area contributed by atoms with Crippen LogP contribution in [0, 0.1) is 5.92 Å². The third-order valence-corrected chi connectivity index (χ3v) is 5.14. The van der Waals surface area contributed by atoms with Crippen molar-refractivity contribution >= 4 is 5.91 Å². The van der Waals surface area contributed by atoms with Gasteiger partial charge in [0.2, 0.25) is 5.91 Å². The molecule has 2 fully saturated rings. The first kappa shape index (κ1) is 16.2. The van der Waals surface area contributed by atoms with Gasteiger partial charge in [-0.3, -0.25) is 9.78 Å². The molecule has 2 aliphatic rings. The van der Waals surface area contributed by atoms with Crippen molar-refractivity contribution in [3.63, 3.8) is 0 Å². The largest absolute Gasteiger partial charge is 0.492 e. The first-order chi connectivity index (χ1) is 11.2. The summed E-state index contributed by atoms with van der Waals surface area (Å²) in [5.74, 6) is 1.66. The van der Waals surface area contributed by atoms with Gasteiger partial charge in [-0.2, -0.15) is 0 Å². The summed E-state index contributed by atoms with van der Waals surface area (Å²) in [6.07, 6.45) is 8.69. The highest BCUT2D eigenvalue weighted by Crippen LogP contribution is 2.38. The second-order valence-corrected chi connectivity index (χ2v) is 6.72. The van der Waals surface area contributed by atoms with Gasteiger partial charge in [-0.15, -0.1) is 0 Å². The molecule has 2 aliphatic heterocycles. The molecule has 23 heavy (non-hydrogen) atoms. The summed E-state index contributed by atoms with van der Waals surface area (Å²) in [6, 6.07) is 3.83. The molecule has 0 bridgehead atoms. The molecule has 0 saturated carbocycles. The van der Waals surface area contributed by atoms with Crippen LogP contribution < -0.4 is 4.74 Å². The first-order valence-electron chi connectivity index (χ1n) is 8.59. The summed E-state index contributed by atoms with van der Waals surface area (Å²) < 4.78 is 11.9. The average Bonchev–Trinajstić information content (AvgIpc) is 2.56. The quantitative estimate of drug-likeness (QED) is 0.856. The van der Waals surface area contributed by atoms with E-state index in [9.17, 15) is 4.79 Å². The second-order valence-electron chi connectivity index (χ2n) is 6.72. The van der Waals surface area contributed by atoms with E-state index < -0.39 is 0 Å². The molecule has 1 aromatic heterocycles. The van der Waals surface area contributed by atoms with Crippen LogP contribution in [0.4, 0.5) is 0 Å². The maximum atomic E-state index is 11.5. The zero-order valence-corrected chi connectivity index (χ0v) is 13.9. The molecule has 0 N–H and O–H groups in total. The summed E-state index contributed by atoms with van der Waals surface area (Å²) >= 11 is 0. The van der Waals surface area contributed by atoms with Crippen molar-refractivity contribution in [2.45, 2.75) is 44.6 Å². The molecular weight excluding hydrogens is 292 g/mol. The molecule has 2 saturated heterocycles. The molecule has 1 spiro atoms. The monoisotopic (exact) mass is 318 g/mol. The van der Waals surface area contributed by atoms with E-state index in [1.807, 2.05) is 17.0 Å². The maximum Gasteiger partial charge on any atom is 0.219 e. The first-order valence-corrected chi connectivity index (χ1v) is 8.59. The molecule has 5 nitrogen and oxygen atoms in total. The van der Waals surface area contributed by atoms with Crippen LogP contribution in [0.25, 0.3) is 0 Å². The smallest absolute Gasteiger partial charge is 0.219 e. The Morgan fingerprint density at radius 3 is 3.00 bits per heavy atom. The Bertz CT molecular complexity index is 512. The highest BCUT2D eigenvalue weighted by molar-refractivity contribution is 5.73. The van der Waals surface area contributed by atoms with Crippen molar-refractivity contribution in [2.75, 3.05) is 26.3 Å². The lowest BCUT2D eigenvalue weighted by molar-refractivity contribution is -0.146. The number of hydrogen-bond donors (Lipinski definition) is 0. The molecular formula is C18H26N2O3. The minimum Gasteiger partial charge on any atom is -0.492 e. The molecule has 3 heterocycles. The van der Waals surface area contributed by atoms with E-state index in [4.69, 9.17) is 9.47 Å². The van der Waals surface area contributed by atoms with E-state index in [0.717, 1.165) is 64.2 Å². The lowest BCUT2D eigenvalue weighted by atomic mass is 9.78. The highest BCUT2D eigenvalue weighted by atomic mass is 16.5. The predicted molar refractivity (Wildman–Crippen MR) is 87.2 cm³/mol. The highest BCUT2D eigenvalue weighted by Gasteiger charge is 2.40. The molecule has 0 aliphatic carbocycles. The number of amides is 1. The fourth-order valence-electron chi connectivity index (χ4n) is 3.73. The zero-order chi connectivity index (χ0) is 16.1. The minimum atomic E-state index is -0.0107. The van der Waals surface area contributed by atoms with E-state index in [2.05, 4.69) is 4.98 Å². The molecule has 1 aromatic rings. The van der Waals surface area contributed by atoms with Crippen molar-refractivity contribution in [1.82, 2.24) is 9.88 Å². The SMILES string of the molecule is CC(=O)N1CCC2(CC1)CC(CCOc1cccnc1)CCO2. The van der Waals surface area contributed by atoms with Crippen molar-refractivity contribution in [3.05, 3.63) is 24.5 Å². The lowest BCUT2D eigenvalue weighted by Crippen LogP contribution is -2.50. The summed E-state index contributed by atoms with van der Waals surface area (Å²) in [6.45, 7) is 4.87. The fourth-order valence-corrected chi connectivity index (χ4v) is 3.73. The van der Waals surface area contributed by atoms with Crippen LogP contribution in [0.2, 0.25) is 0 Å².